The number of fused-ring (bicyclic) bond motifs is 2. The number of carbonyl (C=O) groups excluding carboxylic acids is 4. The van der Waals surface area contributed by atoms with Crippen molar-refractivity contribution >= 4 is 35.1 Å². The van der Waals surface area contributed by atoms with Gasteiger partial charge in [-0.2, -0.15) is 0 Å². The molecule has 1 atom stereocenters. The second-order valence-electron chi connectivity index (χ2n) is 7.88. The minimum Gasteiger partial charge on any atom is -0.322 e. The van der Waals surface area contributed by atoms with Crippen LogP contribution in [0.15, 0.2) is 36.4 Å². The number of rotatable bonds is 2. The Morgan fingerprint density at radius 3 is 2.71 bits per heavy atom. The molecule has 0 bridgehead atoms. The van der Waals surface area contributed by atoms with Crippen molar-refractivity contribution < 1.29 is 23.6 Å². The van der Waals surface area contributed by atoms with E-state index < -0.39 is 11.9 Å². The van der Waals surface area contributed by atoms with E-state index >= 15 is 0 Å². The second kappa shape index (κ2) is 7.19. The monoisotopic (exact) mass is 422 g/mol. The van der Waals surface area contributed by atoms with E-state index in [1.165, 1.54) is 17.0 Å². The van der Waals surface area contributed by atoms with Gasteiger partial charge in [0.1, 0.15) is 11.9 Å². The molecular formula is C22H19FN4O4. The smallest absolute Gasteiger partial charge is 0.322 e. The maximum Gasteiger partial charge on any atom is 0.326 e. The number of benzene rings is 2. The van der Waals surface area contributed by atoms with Crippen molar-refractivity contribution in [3.05, 3.63) is 58.9 Å². The van der Waals surface area contributed by atoms with Crippen molar-refractivity contribution in [2.24, 2.45) is 0 Å². The number of anilines is 2. The van der Waals surface area contributed by atoms with E-state index in [2.05, 4.69) is 10.6 Å². The molecule has 31 heavy (non-hydrogen) atoms. The molecule has 1 unspecified atom stereocenters. The summed E-state index contributed by atoms with van der Waals surface area (Å²) in [6, 6.07) is 8.34. The Bertz CT molecular complexity index is 1150. The van der Waals surface area contributed by atoms with Crippen molar-refractivity contribution in [2.75, 3.05) is 16.8 Å². The molecule has 0 spiro atoms. The molecule has 3 aliphatic heterocycles. The molecule has 2 aromatic rings. The standard InChI is InChI=1S/C22H19FN4O4/c23-14-1-4-17-12(9-14)7-8-26(17)22(31)24-15-2-3-16-13(10-15)11-27(21(16)30)18-5-6-19(28)25-20(18)29/h1-4,9-10,18H,5-8,11H2,(H,24,31)(H,25,28,29). The van der Waals surface area contributed by atoms with Crippen LogP contribution in [0.1, 0.15) is 34.3 Å². The summed E-state index contributed by atoms with van der Waals surface area (Å²) >= 11 is 0. The van der Waals surface area contributed by atoms with Crippen LogP contribution < -0.4 is 15.5 Å². The van der Waals surface area contributed by atoms with E-state index in [9.17, 15) is 23.6 Å². The fraction of sp³-hybridized carbons (Fsp3) is 0.273. The molecule has 1 saturated heterocycles. The summed E-state index contributed by atoms with van der Waals surface area (Å²) in [5.74, 6) is -1.39. The van der Waals surface area contributed by atoms with Crippen LogP contribution in [-0.2, 0) is 22.6 Å². The molecule has 0 aliphatic carbocycles. The van der Waals surface area contributed by atoms with Crippen LogP contribution in [-0.4, -0.2) is 41.2 Å². The van der Waals surface area contributed by atoms with Gasteiger partial charge in [0.05, 0.1) is 0 Å². The van der Waals surface area contributed by atoms with E-state index in [1.54, 1.807) is 29.2 Å². The molecule has 1 fully saturated rings. The first-order valence-electron chi connectivity index (χ1n) is 10.1. The number of imide groups is 1. The number of nitrogens with one attached hydrogen (secondary N) is 2. The SMILES string of the molecule is O=C1CCC(N2Cc3cc(NC(=O)N4CCc5cc(F)ccc54)ccc3C2=O)C(=O)N1. The van der Waals surface area contributed by atoms with Crippen LogP contribution >= 0.6 is 0 Å². The quantitative estimate of drug-likeness (QED) is 0.725. The van der Waals surface area contributed by atoms with Gasteiger partial charge in [0, 0.05) is 36.4 Å². The van der Waals surface area contributed by atoms with Crippen LogP contribution in [0, 0.1) is 5.82 Å². The minimum absolute atomic E-state index is 0.193. The molecule has 3 heterocycles. The van der Waals surface area contributed by atoms with Crippen LogP contribution in [0.25, 0.3) is 0 Å². The van der Waals surface area contributed by atoms with Gasteiger partial charge >= 0.3 is 6.03 Å². The van der Waals surface area contributed by atoms with Crippen molar-refractivity contribution in [2.45, 2.75) is 31.8 Å². The molecular weight excluding hydrogens is 403 g/mol. The van der Waals surface area contributed by atoms with E-state index in [4.69, 9.17) is 0 Å². The Morgan fingerprint density at radius 1 is 1.06 bits per heavy atom. The lowest BCUT2D eigenvalue weighted by atomic mass is 10.0. The number of carbonyl (C=O) groups is 4. The van der Waals surface area contributed by atoms with Gasteiger partial charge in [-0.25, -0.2) is 9.18 Å². The van der Waals surface area contributed by atoms with Crippen molar-refractivity contribution in [3.63, 3.8) is 0 Å². The Hall–Kier alpha value is -3.75. The largest absolute Gasteiger partial charge is 0.326 e. The van der Waals surface area contributed by atoms with E-state index in [-0.39, 0.29) is 36.6 Å². The zero-order chi connectivity index (χ0) is 21.7. The van der Waals surface area contributed by atoms with Gasteiger partial charge in [-0.05, 0) is 60.4 Å². The van der Waals surface area contributed by atoms with Gasteiger partial charge in [-0.1, -0.05) is 0 Å². The number of halogens is 1. The number of urea groups is 1. The van der Waals surface area contributed by atoms with E-state index in [0.29, 0.717) is 41.9 Å². The second-order valence-corrected chi connectivity index (χ2v) is 7.88. The Kier molecular flexibility index (Phi) is 4.46. The highest BCUT2D eigenvalue weighted by atomic mass is 19.1. The van der Waals surface area contributed by atoms with E-state index in [0.717, 1.165) is 5.56 Å². The third-order valence-corrected chi connectivity index (χ3v) is 5.96. The van der Waals surface area contributed by atoms with Gasteiger partial charge in [0.25, 0.3) is 5.91 Å². The maximum absolute atomic E-state index is 13.4. The average Bonchev–Trinajstić information content (AvgIpc) is 3.29. The summed E-state index contributed by atoms with van der Waals surface area (Å²) in [5, 5.41) is 5.11. The minimum atomic E-state index is -0.683. The lowest BCUT2D eigenvalue weighted by Crippen LogP contribution is -2.52. The molecule has 8 nitrogen and oxygen atoms in total. The van der Waals surface area contributed by atoms with Crippen LogP contribution in [0.4, 0.5) is 20.6 Å². The summed E-state index contributed by atoms with van der Waals surface area (Å²) in [7, 11) is 0. The number of piperidine rings is 1. The normalized spacial score (nSPS) is 19.9. The van der Waals surface area contributed by atoms with Crippen molar-refractivity contribution in [3.8, 4) is 0 Å². The molecule has 2 aromatic carbocycles. The molecule has 9 heteroatoms. The van der Waals surface area contributed by atoms with Crippen LogP contribution in [0.5, 0.6) is 0 Å². The van der Waals surface area contributed by atoms with Crippen molar-refractivity contribution in [1.29, 1.82) is 0 Å². The fourth-order valence-corrected chi connectivity index (χ4v) is 4.42. The maximum atomic E-state index is 13.4. The van der Waals surface area contributed by atoms with Crippen LogP contribution in [0.3, 0.4) is 0 Å². The highest BCUT2D eigenvalue weighted by Gasteiger charge is 2.39. The number of hydrogen-bond donors (Lipinski definition) is 2. The molecule has 5 amide bonds. The third kappa shape index (κ3) is 3.31. The topological polar surface area (TPSA) is 98.8 Å². The summed E-state index contributed by atoms with van der Waals surface area (Å²) in [5.41, 5.74) is 3.17. The van der Waals surface area contributed by atoms with E-state index in [1.807, 2.05) is 0 Å². The average molecular weight is 422 g/mol. The highest BCUT2D eigenvalue weighted by molar-refractivity contribution is 6.06. The first kappa shape index (κ1) is 19.2. The lowest BCUT2D eigenvalue weighted by Gasteiger charge is -2.29. The first-order chi connectivity index (χ1) is 14.9. The van der Waals surface area contributed by atoms with Gasteiger partial charge < -0.3 is 10.2 Å². The summed E-state index contributed by atoms with van der Waals surface area (Å²) in [6.45, 7) is 0.688. The highest BCUT2D eigenvalue weighted by Crippen LogP contribution is 2.31. The summed E-state index contributed by atoms with van der Waals surface area (Å²) < 4.78 is 13.4. The van der Waals surface area contributed by atoms with Crippen LogP contribution in [0.2, 0.25) is 0 Å². The molecule has 3 aliphatic rings. The predicted octanol–water partition coefficient (Wildman–Crippen LogP) is 2.18. The first-order valence-corrected chi connectivity index (χ1v) is 10.1. The Balaban J connectivity index is 1.31. The molecule has 0 aromatic heterocycles. The molecule has 2 N–H and O–H groups in total. The molecule has 158 valence electrons. The van der Waals surface area contributed by atoms with Gasteiger partial charge in [-0.3, -0.25) is 24.6 Å². The summed E-state index contributed by atoms with van der Waals surface area (Å²) in [4.78, 5) is 52.1. The zero-order valence-corrected chi connectivity index (χ0v) is 16.5. The molecule has 0 saturated carbocycles. The Morgan fingerprint density at radius 2 is 1.90 bits per heavy atom. The fourth-order valence-electron chi connectivity index (χ4n) is 4.42. The Labute approximate surface area is 177 Å². The van der Waals surface area contributed by atoms with Gasteiger partial charge in [-0.15, -0.1) is 0 Å². The van der Waals surface area contributed by atoms with Crippen molar-refractivity contribution in [1.82, 2.24) is 10.2 Å². The predicted molar refractivity (Wildman–Crippen MR) is 109 cm³/mol. The number of nitrogens with zero attached hydrogens (tertiary/aromatic N) is 2. The van der Waals surface area contributed by atoms with Gasteiger partial charge in [0.15, 0.2) is 0 Å². The molecule has 5 rings (SSSR count). The van der Waals surface area contributed by atoms with Gasteiger partial charge in [0.2, 0.25) is 11.8 Å². The lowest BCUT2D eigenvalue weighted by molar-refractivity contribution is -0.136. The zero-order valence-electron chi connectivity index (χ0n) is 16.5. The molecule has 0 radical (unpaired) electrons. The number of amides is 5. The third-order valence-electron chi connectivity index (χ3n) is 5.96. The summed E-state index contributed by atoms with van der Waals surface area (Å²) in [6.07, 6.45) is 1.07. The number of hydrogen-bond acceptors (Lipinski definition) is 4.